The Kier molecular flexibility index (Phi) is 7.76. The Morgan fingerprint density at radius 3 is 2.12 bits per heavy atom. The van der Waals surface area contributed by atoms with E-state index in [1.54, 1.807) is 0 Å². The molecule has 1 saturated heterocycles. The molecule has 1 rings (SSSR count). The second-order valence-corrected chi connectivity index (χ2v) is 3.38. The van der Waals surface area contributed by atoms with Crippen molar-refractivity contribution >= 4 is 0 Å². The first-order chi connectivity index (χ1) is 7.52. The number of quaternary nitrogens is 1. The van der Waals surface area contributed by atoms with Crippen molar-refractivity contribution in [2.24, 2.45) is 5.92 Å². The predicted molar refractivity (Wildman–Crippen MR) is 52.3 cm³/mol. The van der Waals surface area contributed by atoms with Crippen LogP contribution in [0.5, 0.6) is 0 Å². The van der Waals surface area contributed by atoms with Gasteiger partial charge in [0.25, 0.3) is 5.09 Å². The molecule has 1 aliphatic heterocycles. The van der Waals surface area contributed by atoms with Crippen LogP contribution in [0.15, 0.2) is 0 Å². The van der Waals surface area contributed by atoms with Gasteiger partial charge in [-0.05, 0) is 25.2 Å². The van der Waals surface area contributed by atoms with E-state index in [1.807, 2.05) is 0 Å². The topological polar surface area (TPSA) is 135 Å². The third-order valence-electron chi connectivity index (χ3n) is 2.28. The van der Waals surface area contributed by atoms with Crippen molar-refractivity contribution in [3.05, 3.63) is 25.4 Å². The van der Waals surface area contributed by atoms with Crippen LogP contribution in [0.1, 0.15) is 19.3 Å². The first-order valence-electron chi connectivity index (χ1n) is 4.93. The smallest absolute Gasteiger partial charge is 0.294 e. The highest BCUT2D eigenvalue weighted by Gasteiger charge is 2.15. The van der Waals surface area contributed by atoms with Crippen LogP contribution in [0.3, 0.4) is 0 Å². The van der Waals surface area contributed by atoms with Crippen LogP contribution in [0.2, 0.25) is 0 Å². The molecule has 0 unspecified atom stereocenters. The summed E-state index contributed by atoms with van der Waals surface area (Å²) in [6.07, 6.45) is 3.16. The average molecular weight is 237 g/mol. The average Bonchev–Trinajstić information content (AvgIpc) is 2.18. The van der Waals surface area contributed by atoms with Gasteiger partial charge in [-0.15, -0.1) is 10.1 Å². The molecule has 9 heteroatoms. The third-order valence-corrected chi connectivity index (χ3v) is 2.28. The van der Waals surface area contributed by atoms with E-state index in [0.29, 0.717) is 5.92 Å². The van der Waals surface area contributed by atoms with E-state index in [1.165, 1.54) is 12.8 Å². The van der Waals surface area contributed by atoms with Crippen molar-refractivity contribution in [3.8, 4) is 0 Å². The number of nitrogens with zero attached hydrogens (tertiary/aromatic N) is 2. The van der Waals surface area contributed by atoms with Gasteiger partial charge in [-0.2, -0.15) is 0 Å². The summed E-state index contributed by atoms with van der Waals surface area (Å²) in [4.78, 5) is 22.3. The molecule has 2 N–H and O–H groups in total. The molecular weight excluding hydrogens is 222 g/mol. The Hall–Kier alpha value is -1.64. The molecule has 0 spiro atoms. The highest BCUT2D eigenvalue weighted by molar-refractivity contribution is 4.59. The second kappa shape index (κ2) is 8.65. The zero-order chi connectivity index (χ0) is 12.4. The lowest BCUT2D eigenvalue weighted by atomic mass is 9.95. The lowest BCUT2D eigenvalue weighted by molar-refractivity contribution is -0.758. The van der Waals surface area contributed by atoms with Crippen LogP contribution in [-0.4, -0.2) is 29.9 Å². The minimum atomic E-state index is -1.75. The van der Waals surface area contributed by atoms with Gasteiger partial charge in [0, 0.05) is 0 Å². The highest BCUT2D eigenvalue weighted by Crippen LogP contribution is 2.12. The molecule has 0 aromatic heterocycles. The van der Waals surface area contributed by atoms with E-state index in [4.69, 9.17) is 15.3 Å². The Bertz CT molecular complexity index is 214. The molecule has 16 heavy (non-hydrogen) atoms. The molecule has 0 aromatic carbocycles. The standard InChI is InChI=1S/C7H14N2O3.NO3/c10-9(11)12-6-3-7-1-4-8-5-2-7;2-1(3)4/h7-8H,1-6H2;/q;-1/p+1. The molecule has 0 saturated carbocycles. The SMILES string of the molecule is O=[N+]([O-])OCCC1CC[NH2+]CC1.O=[N+]([O-])[O-]. The van der Waals surface area contributed by atoms with Crippen molar-refractivity contribution < 1.29 is 20.3 Å². The molecule has 0 bridgehead atoms. The molecule has 0 aromatic rings. The van der Waals surface area contributed by atoms with Gasteiger partial charge in [-0.1, -0.05) is 0 Å². The Morgan fingerprint density at radius 2 is 1.69 bits per heavy atom. The summed E-state index contributed by atoms with van der Waals surface area (Å²) < 4.78 is 0. The minimum Gasteiger partial charge on any atom is -0.356 e. The van der Waals surface area contributed by atoms with Crippen LogP contribution in [0.4, 0.5) is 0 Å². The third kappa shape index (κ3) is 10.4. The number of rotatable bonds is 4. The summed E-state index contributed by atoms with van der Waals surface area (Å²) in [5.41, 5.74) is 0. The normalized spacial score (nSPS) is 15.8. The van der Waals surface area contributed by atoms with Gasteiger partial charge in [-0.3, -0.25) is 0 Å². The van der Waals surface area contributed by atoms with Gasteiger partial charge in [0.2, 0.25) is 0 Å². The van der Waals surface area contributed by atoms with Crippen molar-refractivity contribution in [2.75, 3.05) is 19.7 Å². The van der Waals surface area contributed by atoms with Crippen LogP contribution in [0, 0.1) is 31.4 Å². The van der Waals surface area contributed by atoms with Crippen molar-refractivity contribution in [3.63, 3.8) is 0 Å². The van der Waals surface area contributed by atoms with Crippen molar-refractivity contribution in [2.45, 2.75) is 19.3 Å². The molecule has 1 fully saturated rings. The fraction of sp³-hybridized carbons (Fsp3) is 1.00. The Balaban J connectivity index is 0.000000487. The Morgan fingerprint density at radius 1 is 1.19 bits per heavy atom. The number of nitrogens with two attached hydrogens (primary N) is 1. The molecule has 1 heterocycles. The molecule has 9 nitrogen and oxygen atoms in total. The zero-order valence-electron chi connectivity index (χ0n) is 8.74. The first-order valence-corrected chi connectivity index (χ1v) is 4.93. The largest absolute Gasteiger partial charge is 0.356 e. The monoisotopic (exact) mass is 237 g/mol. The van der Waals surface area contributed by atoms with Gasteiger partial charge in [-0.25, -0.2) is 0 Å². The zero-order valence-corrected chi connectivity index (χ0v) is 8.74. The lowest BCUT2D eigenvalue weighted by Crippen LogP contribution is -2.86. The molecule has 0 atom stereocenters. The number of hydrogen-bond acceptors (Lipinski definition) is 6. The summed E-state index contributed by atoms with van der Waals surface area (Å²) >= 11 is 0. The minimum absolute atomic E-state index is 0.262. The van der Waals surface area contributed by atoms with Gasteiger partial charge in [0.15, 0.2) is 0 Å². The van der Waals surface area contributed by atoms with E-state index in [2.05, 4.69) is 10.2 Å². The Labute approximate surface area is 91.6 Å². The summed E-state index contributed by atoms with van der Waals surface area (Å²) in [5.74, 6) is 0.634. The highest BCUT2D eigenvalue weighted by atomic mass is 16.9. The number of piperidine rings is 1. The fourth-order valence-electron chi connectivity index (χ4n) is 1.58. The van der Waals surface area contributed by atoms with Crippen molar-refractivity contribution in [1.82, 2.24) is 0 Å². The summed E-state index contributed by atoms with van der Waals surface area (Å²) in [5, 5.41) is 26.1. The summed E-state index contributed by atoms with van der Waals surface area (Å²) in [6.45, 7) is 2.57. The van der Waals surface area contributed by atoms with E-state index in [0.717, 1.165) is 19.5 Å². The quantitative estimate of drug-likeness (QED) is 0.508. The number of hydrogen-bond donors (Lipinski definition) is 1. The van der Waals surface area contributed by atoms with Gasteiger partial charge >= 0.3 is 0 Å². The fourth-order valence-corrected chi connectivity index (χ4v) is 1.58. The van der Waals surface area contributed by atoms with E-state index in [-0.39, 0.29) is 6.61 Å². The van der Waals surface area contributed by atoms with E-state index in [9.17, 15) is 10.1 Å². The van der Waals surface area contributed by atoms with Crippen LogP contribution >= 0.6 is 0 Å². The van der Waals surface area contributed by atoms with Crippen LogP contribution in [0.25, 0.3) is 0 Å². The van der Waals surface area contributed by atoms with Gasteiger partial charge < -0.3 is 25.5 Å². The van der Waals surface area contributed by atoms with Crippen LogP contribution in [-0.2, 0) is 4.84 Å². The molecule has 1 aliphatic rings. The molecule has 0 amide bonds. The van der Waals surface area contributed by atoms with E-state index >= 15 is 0 Å². The molecular formula is C7H15N3O6. The predicted octanol–water partition coefficient (Wildman–Crippen LogP) is -0.681. The maximum atomic E-state index is 9.82. The first kappa shape index (κ1) is 14.4. The molecule has 94 valence electrons. The summed E-state index contributed by atoms with van der Waals surface area (Å²) in [6, 6.07) is 0. The lowest BCUT2D eigenvalue weighted by Gasteiger charge is -2.19. The maximum Gasteiger partial charge on any atom is 0.294 e. The van der Waals surface area contributed by atoms with Gasteiger partial charge in [0.05, 0.1) is 24.8 Å². The van der Waals surface area contributed by atoms with Crippen LogP contribution < -0.4 is 5.32 Å². The second-order valence-electron chi connectivity index (χ2n) is 3.38. The maximum absolute atomic E-state index is 9.82. The summed E-state index contributed by atoms with van der Waals surface area (Å²) in [7, 11) is 0. The molecule has 0 radical (unpaired) electrons. The van der Waals surface area contributed by atoms with Crippen molar-refractivity contribution in [1.29, 1.82) is 0 Å². The molecule has 0 aliphatic carbocycles. The van der Waals surface area contributed by atoms with Gasteiger partial charge in [0.1, 0.15) is 0 Å². The van der Waals surface area contributed by atoms with E-state index < -0.39 is 10.2 Å².